The molecule has 1 aliphatic carbocycles. The predicted molar refractivity (Wildman–Crippen MR) is 65.0 cm³/mol. The van der Waals surface area contributed by atoms with Crippen molar-refractivity contribution in [3.8, 4) is 0 Å². The van der Waals surface area contributed by atoms with E-state index >= 15 is 0 Å². The van der Waals surface area contributed by atoms with Gasteiger partial charge < -0.3 is 10.2 Å². The lowest BCUT2D eigenvalue weighted by atomic mass is 9.60. The average Bonchev–Trinajstić information content (AvgIpc) is 2.15. The summed E-state index contributed by atoms with van der Waals surface area (Å²) in [5.74, 6) is 0.825. The summed E-state index contributed by atoms with van der Waals surface area (Å²) in [6.45, 7) is 8.63. The third-order valence-corrected chi connectivity index (χ3v) is 4.31. The second-order valence-electron chi connectivity index (χ2n) is 6.09. The molecule has 1 aliphatic heterocycles. The molecule has 0 aromatic carbocycles. The van der Waals surface area contributed by atoms with Gasteiger partial charge in [0.2, 0.25) is 0 Å². The van der Waals surface area contributed by atoms with E-state index < -0.39 is 0 Å². The molecule has 88 valence electrons. The number of rotatable bonds is 3. The number of nitrogens with one attached hydrogen (secondary N) is 1. The molecule has 1 spiro atoms. The van der Waals surface area contributed by atoms with E-state index in [2.05, 4.69) is 31.1 Å². The van der Waals surface area contributed by atoms with Crippen LogP contribution in [0.25, 0.3) is 0 Å². The Balaban J connectivity index is 1.73. The van der Waals surface area contributed by atoms with Crippen LogP contribution >= 0.6 is 0 Å². The normalized spacial score (nSPS) is 27.2. The number of nitrogens with zero attached hydrogens (tertiary/aromatic N) is 1. The Morgan fingerprint density at radius 3 is 2.33 bits per heavy atom. The molecule has 1 saturated heterocycles. The minimum atomic E-state index is 0.737. The monoisotopic (exact) mass is 210 g/mol. The van der Waals surface area contributed by atoms with Gasteiger partial charge in [0.1, 0.15) is 0 Å². The quantitative estimate of drug-likeness (QED) is 0.767. The van der Waals surface area contributed by atoms with E-state index in [1.807, 2.05) is 0 Å². The zero-order chi connectivity index (χ0) is 10.9. The molecule has 2 fully saturated rings. The van der Waals surface area contributed by atoms with Gasteiger partial charge in [0, 0.05) is 12.6 Å². The number of piperidine rings is 1. The van der Waals surface area contributed by atoms with Crippen LogP contribution in [0.2, 0.25) is 0 Å². The molecule has 1 heterocycles. The van der Waals surface area contributed by atoms with E-state index in [0.717, 1.165) is 17.4 Å². The summed E-state index contributed by atoms with van der Waals surface area (Å²) < 4.78 is 0. The largest absolute Gasteiger partial charge is 0.317 e. The Labute approximate surface area is 94.4 Å². The highest BCUT2D eigenvalue weighted by atomic mass is 15.1. The summed E-state index contributed by atoms with van der Waals surface area (Å²) in [4.78, 5) is 2.66. The topological polar surface area (TPSA) is 15.3 Å². The van der Waals surface area contributed by atoms with Crippen LogP contribution in [-0.4, -0.2) is 37.6 Å². The highest BCUT2D eigenvalue weighted by molar-refractivity contribution is 4.99. The number of likely N-dealkylation sites (tertiary alicyclic amines) is 1. The third kappa shape index (κ3) is 2.54. The molecule has 1 saturated carbocycles. The van der Waals surface area contributed by atoms with Gasteiger partial charge in [0.25, 0.3) is 0 Å². The standard InChI is InChI=1S/C13H26N2/c1-11(2)10-15-6-4-13(5-7-15)8-12(9-13)14-3/h11-12,14H,4-10H2,1-3H3. The Hall–Kier alpha value is -0.0800. The fourth-order valence-electron chi connectivity index (χ4n) is 3.32. The molecular formula is C13H26N2. The zero-order valence-electron chi connectivity index (χ0n) is 10.6. The van der Waals surface area contributed by atoms with Crippen LogP contribution in [0.1, 0.15) is 39.5 Å². The SMILES string of the molecule is CNC1CC2(CCN(CC(C)C)CC2)C1. The Bertz CT molecular complexity index is 197. The summed E-state index contributed by atoms with van der Waals surface area (Å²) >= 11 is 0. The van der Waals surface area contributed by atoms with E-state index in [1.54, 1.807) is 0 Å². The molecule has 0 bridgehead atoms. The van der Waals surface area contributed by atoms with Gasteiger partial charge in [-0.1, -0.05) is 13.8 Å². The number of hydrogen-bond acceptors (Lipinski definition) is 2. The first-order valence-corrected chi connectivity index (χ1v) is 6.53. The van der Waals surface area contributed by atoms with Crippen molar-refractivity contribution < 1.29 is 0 Å². The molecule has 0 aromatic heterocycles. The molecule has 1 N–H and O–H groups in total. The van der Waals surface area contributed by atoms with E-state index in [0.29, 0.717) is 0 Å². The van der Waals surface area contributed by atoms with Crippen molar-refractivity contribution >= 4 is 0 Å². The van der Waals surface area contributed by atoms with Gasteiger partial charge in [0.15, 0.2) is 0 Å². The second kappa shape index (κ2) is 4.42. The molecule has 2 nitrogen and oxygen atoms in total. The molecule has 0 atom stereocenters. The lowest BCUT2D eigenvalue weighted by Gasteiger charge is -2.52. The first-order chi connectivity index (χ1) is 7.13. The van der Waals surface area contributed by atoms with E-state index in [1.165, 1.54) is 45.3 Å². The fourth-order valence-corrected chi connectivity index (χ4v) is 3.32. The van der Waals surface area contributed by atoms with Crippen molar-refractivity contribution in [2.45, 2.75) is 45.6 Å². The Kier molecular flexibility index (Phi) is 3.36. The van der Waals surface area contributed by atoms with Gasteiger partial charge in [0.05, 0.1) is 0 Å². The van der Waals surface area contributed by atoms with Crippen LogP contribution in [0.3, 0.4) is 0 Å². The highest BCUT2D eigenvalue weighted by Gasteiger charge is 2.44. The summed E-state index contributed by atoms with van der Waals surface area (Å²) in [5, 5.41) is 3.40. The van der Waals surface area contributed by atoms with Crippen molar-refractivity contribution in [1.82, 2.24) is 10.2 Å². The molecule has 0 unspecified atom stereocenters. The van der Waals surface area contributed by atoms with E-state index in [4.69, 9.17) is 0 Å². The summed E-state index contributed by atoms with van der Waals surface area (Å²) in [6, 6.07) is 0.821. The smallest absolute Gasteiger partial charge is 0.00746 e. The minimum absolute atomic E-state index is 0.737. The van der Waals surface area contributed by atoms with Gasteiger partial charge >= 0.3 is 0 Å². The Morgan fingerprint density at radius 2 is 1.87 bits per heavy atom. The van der Waals surface area contributed by atoms with Gasteiger partial charge in [-0.05, 0) is 57.2 Å². The van der Waals surface area contributed by atoms with Crippen LogP contribution in [0, 0.1) is 11.3 Å². The highest BCUT2D eigenvalue weighted by Crippen LogP contribution is 2.48. The molecule has 0 aromatic rings. The van der Waals surface area contributed by atoms with Crippen molar-refractivity contribution in [2.75, 3.05) is 26.7 Å². The maximum absolute atomic E-state index is 3.40. The number of hydrogen-bond donors (Lipinski definition) is 1. The van der Waals surface area contributed by atoms with Crippen LogP contribution in [-0.2, 0) is 0 Å². The molecule has 0 amide bonds. The first kappa shape index (κ1) is 11.4. The lowest BCUT2D eigenvalue weighted by Crippen LogP contribution is -2.53. The first-order valence-electron chi connectivity index (χ1n) is 6.53. The average molecular weight is 210 g/mol. The second-order valence-corrected chi connectivity index (χ2v) is 6.09. The van der Waals surface area contributed by atoms with E-state index in [-0.39, 0.29) is 0 Å². The third-order valence-electron chi connectivity index (χ3n) is 4.31. The maximum atomic E-state index is 3.40. The molecule has 2 aliphatic rings. The predicted octanol–water partition coefficient (Wildman–Crippen LogP) is 2.11. The molecule has 15 heavy (non-hydrogen) atoms. The molecule has 2 rings (SSSR count). The van der Waals surface area contributed by atoms with Gasteiger partial charge in [-0.25, -0.2) is 0 Å². The maximum Gasteiger partial charge on any atom is 0.00746 e. The van der Waals surface area contributed by atoms with Crippen molar-refractivity contribution in [3.05, 3.63) is 0 Å². The molecule has 0 radical (unpaired) electrons. The van der Waals surface area contributed by atoms with Gasteiger partial charge in [-0.15, -0.1) is 0 Å². The Morgan fingerprint density at radius 1 is 1.27 bits per heavy atom. The van der Waals surface area contributed by atoms with Crippen LogP contribution in [0.4, 0.5) is 0 Å². The minimum Gasteiger partial charge on any atom is -0.317 e. The van der Waals surface area contributed by atoms with Gasteiger partial charge in [-0.3, -0.25) is 0 Å². The van der Waals surface area contributed by atoms with Crippen LogP contribution in [0.5, 0.6) is 0 Å². The summed E-state index contributed by atoms with van der Waals surface area (Å²) in [5.41, 5.74) is 0.737. The lowest BCUT2D eigenvalue weighted by molar-refractivity contribution is 0.00554. The van der Waals surface area contributed by atoms with E-state index in [9.17, 15) is 0 Å². The van der Waals surface area contributed by atoms with Gasteiger partial charge in [-0.2, -0.15) is 0 Å². The fraction of sp³-hybridized carbons (Fsp3) is 1.00. The van der Waals surface area contributed by atoms with Crippen molar-refractivity contribution in [1.29, 1.82) is 0 Å². The zero-order valence-corrected chi connectivity index (χ0v) is 10.6. The summed E-state index contributed by atoms with van der Waals surface area (Å²) in [6.07, 6.45) is 5.74. The van der Waals surface area contributed by atoms with Crippen LogP contribution < -0.4 is 5.32 Å². The molecular weight excluding hydrogens is 184 g/mol. The van der Waals surface area contributed by atoms with Crippen LogP contribution in [0.15, 0.2) is 0 Å². The summed E-state index contributed by atoms with van der Waals surface area (Å²) in [7, 11) is 2.10. The van der Waals surface area contributed by atoms with Crippen molar-refractivity contribution in [3.63, 3.8) is 0 Å². The molecule has 2 heteroatoms. The van der Waals surface area contributed by atoms with Crippen molar-refractivity contribution in [2.24, 2.45) is 11.3 Å².